The van der Waals surface area contributed by atoms with E-state index in [0.717, 1.165) is 0 Å². The molecule has 0 fully saturated rings. The second kappa shape index (κ2) is 4.97. The van der Waals surface area contributed by atoms with Crippen LogP contribution < -0.4 is 5.32 Å². The van der Waals surface area contributed by atoms with Gasteiger partial charge >= 0.3 is 0 Å². The first-order chi connectivity index (χ1) is 8.20. The summed E-state index contributed by atoms with van der Waals surface area (Å²) in [4.78, 5) is 11.4. The summed E-state index contributed by atoms with van der Waals surface area (Å²) in [6.07, 6.45) is 1.55. The average Bonchev–Trinajstić information content (AvgIpc) is 2.69. The number of rotatable bonds is 4. The second-order valence-electron chi connectivity index (χ2n) is 3.65. The van der Waals surface area contributed by atoms with Crippen molar-refractivity contribution in [2.75, 3.05) is 13.2 Å². The molecular formula is C12H12FNO3. The number of aliphatic hydroxyl groups excluding tert-OH is 1. The molecule has 0 atom stereocenters. The van der Waals surface area contributed by atoms with Crippen LogP contribution in [0.2, 0.25) is 0 Å². The number of carbonyl (C=O) groups is 1. The van der Waals surface area contributed by atoms with Gasteiger partial charge in [-0.05, 0) is 18.2 Å². The molecule has 0 aliphatic carbocycles. The molecule has 1 heterocycles. The van der Waals surface area contributed by atoms with E-state index in [2.05, 4.69) is 5.32 Å². The van der Waals surface area contributed by atoms with Gasteiger partial charge in [-0.2, -0.15) is 0 Å². The van der Waals surface area contributed by atoms with E-state index in [-0.39, 0.29) is 31.3 Å². The highest BCUT2D eigenvalue weighted by atomic mass is 19.1. The van der Waals surface area contributed by atoms with Gasteiger partial charge in [0.1, 0.15) is 11.4 Å². The molecule has 2 rings (SSSR count). The van der Waals surface area contributed by atoms with Crippen LogP contribution in [0.4, 0.5) is 4.39 Å². The number of hydrogen-bond donors (Lipinski definition) is 2. The third-order valence-corrected chi connectivity index (χ3v) is 2.40. The van der Waals surface area contributed by atoms with Gasteiger partial charge in [0.2, 0.25) is 5.91 Å². The first-order valence-electron chi connectivity index (χ1n) is 5.24. The summed E-state index contributed by atoms with van der Waals surface area (Å²) in [5, 5.41) is 11.7. The van der Waals surface area contributed by atoms with Crippen molar-refractivity contribution in [2.45, 2.75) is 6.42 Å². The van der Waals surface area contributed by atoms with Crippen LogP contribution in [0.1, 0.15) is 5.56 Å². The molecule has 0 saturated heterocycles. The summed E-state index contributed by atoms with van der Waals surface area (Å²) in [5.41, 5.74) is 1.19. The standard InChI is InChI=1S/C12H12FNO3/c13-9-1-2-11-10(6-9)8(7-17-11)5-12(16)14-3-4-15/h1-2,6-7,15H,3-5H2,(H,14,16). The van der Waals surface area contributed by atoms with Crippen LogP contribution >= 0.6 is 0 Å². The lowest BCUT2D eigenvalue weighted by Crippen LogP contribution is -2.27. The first-order valence-corrected chi connectivity index (χ1v) is 5.24. The third-order valence-electron chi connectivity index (χ3n) is 2.40. The maximum atomic E-state index is 13.1. The predicted octanol–water partition coefficient (Wildman–Crippen LogP) is 1.22. The Hall–Kier alpha value is -1.88. The van der Waals surface area contributed by atoms with Crippen LogP contribution in [0.3, 0.4) is 0 Å². The number of amides is 1. The summed E-state index contributed by atoms with van der Waals surface area (Å²) in [5.74, 6) is -0.595. The van der Waals surface area contributed by atoms with Gasteiger partial charge in [-0.3, -0.25) is 4.79 Å². The third kappa shape index (κ3) is 2.62. The van der Waals surface area contributed by atoms with Gasteiger partial charge in [-0.15, -0.1) is 0 Å². The van der Waals surface area contributed by atoms with E-state index in [1.807, 2.05) is 0 Å². The normalized spacial score (nSPS) is 10.7. The average molecular weight is 237 g/mol. The number of nitrogens with one attached hydrogen (secondary N) is 1. The molecule has 1 amide bonds. The van der Waals surface area contributed by atoms with E-state index in [0.29, 0.717) is 16.5 Å². The zero-order valence-electron chi connectivity index (χ0n) is 9.07. The van der Waals surface area contributed by atoms with Crippen molar-refractivity contribution >= 4 is 16.9 Å². The van der Waals surface area contributed by atoms with Crippen LogP contribution in [-0.2, 0) is 11.2 Å². The summed E-state index contributed by atoms with van der Waals surface area (Å²) in [6.45, 7) is 0.107. The van der Waals surface area contributed by atoms with Crippen LogP contribution in [0, 0.1) is 5.82 Å². The molecule has 1 aromatic heterocycles. The predicted molar refractivity (Wildman–Crippen MR) is 60.0 cm³/mol. The highest BCUT2D eigenvalue weighted by molar-refractivity contribution is 5.87. The van der Waals surface area contributed by atoms with Gasteiger partial charge < -0.3 is 14.8 Å². The number of hydrogen-bond acceptors (Lipinski definition) is 3. The van der Waals surface area contributed by atoms with Crippen molar-refractivity contribution < 1.29 is 18.7 Å². The lowest BCUT2D eigenvalue weighted by molar-refractivity contribution is -0.120. The Labute approximate surface area is 97.0 Å². The maximum absolute atomic E-state index is 13.1. The van der Waals surface area contributed by atoms with Gasteiger partial charge in [-0.1, -0.05) is 0 Å². The molecule has 90 valence electrons. The van der Waals surface area contributed by atoms with Gasteiger partial charge in [-0.25, -0.2) is 4.39 Å². The highest BCUT2D eigenvalue weighted by Crippen LogP contribution is 2.22. The zero-order chi connectivity index (χ0) is 12.3. The van der Waals surface area contributed by atoms with Gasteiger partial charge in [0.15, 0.2) is 0 Å². The Morgan fingerprint density at radius 1 is 1.47 bits per heavy atom. The fraction of sp³-hybridized carbons (Fsp3) is 0.250. The summed E-state index contributed by atoms with van der Waals surface area (Å²) in [7, 11) is 0. The van der Waals surface area contributed by atoms with Crippen molar-refractivity contribution in [2.24, 2.45) is 0 Å². The van der Waals surface area contributed by atoms with E-state index in [4.69, 9.17) is 9.52 Å². The van der Waals surface area contributed by atoms with Crippen LogP contribution in [0.5, 0.6) is 0 Å². The van der Waals surface area contributed by atoms with E-state index in [1.54, 1.807) is 0 Å². The van der Waals surface area contributed by atoms with Gasteiger partial charge in [0.25, 0.3) is 0 Å². The van der Waals surface area contributed by atoms with Crippen molar-refractivity contribution in [1.29, 1.82) is 0 Å². The molecule has 0 saturated carbocycles. The fourth-order valence-electron chi connectivity index (χ4n) is 1.62. The number of furan rings is 1. The quantitative estimate of drug-likeness (QED) is 0.840. The largest absolute Gasteiger partial charge is 0.464 e. The van der Waals surface area contributed by atoms with E-state index in [1.165, 1.54) is 24.5 Å². The van der Waals surface area contributed by atoms with Crippen molar-refractivity contribution in [3.05, 3.63) is 35.8 Å². The number of halogens is 1. The Morgan fingerprint density at radius 3 is 3.06 bits per heavy atom. The van der Waals surface area contributed by atoms with Crippen molar-refractivity contribution in [3.63, 3.8) is 0 Å². The maximum Gasteiger partial charge on any atom is 0.224 e. The number of benzene rings is 1. The lowest BCUT2D eigenvalue weighted by atomic mass is 10.1. The SMILES string of the molecule is O=C(Cc1coc2ccc(F)cc12)NCCO. The second-order valence-corrected chi connectivity index (χ2v) is 3.65. The first kappa shape index (κ1) is 11.6. The Kier molecular flexibility index (Phi) is 3.39. The molecule has 2 N–H and O–H groups in total. The van der Waals surface area contributed by atoms with E-state index >= 15 is 0 Å². The minimum atomic E-state index is -0.365. The summed E-state index contributed by atoms with van der Waals surface area (Å²) in [6, 6.07) is 4.18. The molecule has 0 unspecified atom stereocenters. The molecule has 0 aliphatic heterocycles. The van der Waals surface area contributed by atoms with Gasteiger partial charge in [0, 0.05) is 17.5 Å². The van der Waals surface area contributed by atoms with Crippen LogP contribution in [0.15, 0.2) is 28.9 Å². The molecule has 2 aromatic rings. The summed E-state index contributed by atoms with van der Waals surface area (Å²) < 4.78 is 18.3. The van der Waals surface area contributed by atoms with E-state index < -0.39 is 0 Å². The van der Waals surface area contributed by atoms with Crippen LogP contribution in [0.25, 0.3) is 11.0 Å². The topological polar surface area (TPSA) is 62.5 Å². The molecule has 0 bridgehead atoms. The monoisotopic (exact) mass is 237 g/mol. The Balaban J connectivity index is 2.18. The molecule has 1 aromatic carbocycles. The smallest absolute Gasteiger partial charge is 0.224 e. The lowest BCUT2D eigenvalue weighted by Gasteiger charge is -2.01. The Bertz CT molecular complexity index is 536. The van der Waals surface area contributed by atoms with Gasteiger partial charge in [0.05, 0.1) is 19.3 Å². The molecule has 5 heteroatoms. The zero-order valence-corrected chi connectivity index (χ0v) is 9.07. The van der Waals surface area contributed by atoms with Crippen molar-refractivity contribution in [3.8, 4) is 0 Å². The molecule has 0 spiro atoms. The van der Waals surface area contributed by atoms with Crippen molar-refractivity contribution in [1.82, 2.24) is 5.32 Å². The molecule has 0 radical (unpaired) electrons. The molecule has 0 aliphatic rings. The fourth-order valence-corrected chi connectivity index (χ4v) is 1.62. The number of carbonyl (C=O) groups excluding carboxylic acids is 1. The minimum absolute atomic E-state index is 0.105. The summed E-state index contributed by atoms with van der Waals surface area (Å²) >= 11 is 0. The Morgan fingerprint density at radius 2 is 2.29 bits per heavy atom. The number of aliphatic hydroxyl groups is 1. The molecule has 4 nitrogen and oxygen atoms in total. The number of fused-ring (bicyclic) bond motifs is 1. The van der Waals surface area contributed by atoms with E-state index in [9.17, 15) is 9.18 Å². The molecule has 17 heavy (non-hydrogen) atoms. The molecular weight excluding hydrogens is 225 g/mol. The minimum Gasteiger partial charge on any atom is -0.464 e. The van der Waals surface area contributed by atoms with Crippen LogP contribution in [-0.4, -0.2) is 24.2 Å². The highest BCUT2D eigenvalue weighted by Gasteiger charge is 2.10.